The normalized spacial score (nSPS) is 25.1. The zero-order chi connectivity index (χ0) is 16.4. The maximum atomic E-state index is 13.0. The first-order valence-corrected chi connectivity index (χ1v) is 8.75. The topological polar surface area (TPSA) is 45.7 Å². The van der Waals surface area contributed by atoms with E-state index in [9.17, 15) is 4.79 Å². The van der Waals surface area contributed by atoms with Gasteiger partial charge in [0.2, 0.25) is 5.88 Å². The highest BCUT2D eigenvalue weighted by Gasteiger charge is 2.37. The zero-order valence-electron chi connectivity index (χ0n) is 14.4. The first-order valence-electron chi connectivity index (χ1n) is 8.75. The van der Waals surface area contributed by atoms with Crippen LogP contribution in [0.1, 0.15) is 49.2 Å². The monoisotopic (exact) mass is 317 g/mol. The molecule has 5 nitrogen and oxygen atoms in total. The molecule has 2 fully saturated rings. The van der Waals surface area contributed by atoms with E-state index in [1.165, 1.54) is 25.9 Å². The van der Waals surface area contributed by atoms with Gasteiger partial charge in [0.25, 0.3) is 5.91 Å². The van der Waals surface area contributed by atoms with Crippen molar-refractivity contribution in [2.45, 2.75) is 52.1 Å². The summed E-state index contributed by atoms with van der Waals surface area (Å²) in [6.45, 7) is 9.67. The van der Waals surface area contributed by atoms with Gasteiger partial charge in [-0.1, -0.05) is 0 Å². The van der Waals surface area contributed by atoms with Crippen molar-refractivity contribution >= 4 is 5.91 Å². The van der Waals surface area contributed by atoms with Crippen molar-refractivity contribution in [3.8, 4) is 5.88 Å². The summed E-state index contributed by atoms with van der Waals surface area (Å²) in [6.07, 6.45) is 3.64. The fraction of sp³-hybridized carbons (Fsp3) is 0.667. The van der Waals surface area contributed by atoms with Crippen molar-refractivity contribution in [2.24, 2.45) is 0 Å². The Morgan fingerprint density at radius 1 is 1.35 bits per heavy atom. The molecule has 2 saturated heterocycles. The summed E-state index contributed by atoms with van der Waals surface area (Å²) >= 11 is 0. The summed E-state index contributed by atoms with van der Waals surface area (Å²) in [5.74, 6) is 0.518. The van der Waals surface area contributed by atoms with Crippen LogP contribution in [0.4, 0.5) is 0 Å². The van der Waals surface area contributed by atoms with Gasteiger partial charge in [-0.05, 0) is 65.3 Å². The Morgan fingerprint density at radius 2 is 2.09 bits per heavy atom. The lowest BCUT2D eigenvalue weighted by atomic mass is 10.1. The van der Waals surface area contributed by atoms with Gasteiger partial charge in [-0.3, -0.25) is 9.69 Å². The van der Waals surface area contributed by atoms with Gasteiger partial charge in [0.15, 0.2) is 0 Å². The third-order valence-electron chi connectivity index (χ3n) is 4.98. The third kappa shape index (κ3) is 3.34. The Morgan fingerprint density at radius 3 is 2.78 bits per heavy atom. The Bertz CT molecular complexity index is 569. The number of amides is 1. The number of carbonyl (C=O) groups excluding carboxylic acids is 1. The quantitative estimate of drug-likeness (QED) is 0.856. The van der Waals surface area contributed by atoms with Crippen molar-refractivity contribution in [1.82, 2.24) is 14.8 Å². The molecule has 126 valence electrons. The number of ether oxygens (including phenoxy) is 1. The molecule has 2 aliphatic rings. The molecule has 0 aliphatic carbocycles. The smallest absolute Gasteiger partial charge is 0.259 e. The molecule has 3 rings (SSSR count). The average molecular weight is 317 g/mol. The average Bonchev–Trinajstić information content (AvgIpc) is 3.16. The second kappa shape index (κ2) is 6.87. The fourth-order valence-corrected chi connectivity index (χ4v) is 3.75. The molecule has 3 heterocycles. The second-order valence-electron chi connectivity index (χ2n) is 6.68. The first-order chi connectivity index (χ1) is 11.1. The number of nitrogens with zero attached hydrogens (tertiary/aromatic N) is 3. The summed E-state index contributed by atoms with van der Waals surface area (Å²) in [6, 6.07) is 4.51. The van der Waals surface area contributed by atoms with Crippen molar-refractivity contribution < 1.29 is 9.53 Å². The van der Waals surface area contributed by atoms with Gasteiger partial charge < -0.3 is 9.64 Å². The minimum atomic E-state index is 0.0511. The number of rotatable bonds is 4. The predicted molar refractivity (Wildman–Crippen MR) is 89.9 cm³/mol. The van der Waals surface area contributed by atoms with Crippen LogP contribution in [0.3, 0.4) is 0 Å². The van der Waals surface area contributed by atoms with Gasteiger partial charge in [-0.2, -0.15) is 0 Å². The van der Waals surface area contributed by atoms with Crippen LogP contribution in [0.15, 0.2) is 12.1 Å². The number of aryl methyl sites for hydroxylation is 1. The lowest BCUT2D eigenvalue weighted by Gasteiger charge is -2.24. The zero-order valence-corrected chi connectivity index (χ0v) is 14.4. The second-order valence-corrected chi connectivity index (χ2v) is 6.68. The number of carbonyl (C=O) groups is 1. The predicted octanol–water partition coefficient (Wildman–Crippen LogP) is 2.49. The molecule has 0 bridgehead atoms. The number of hydrogen-bond donors (Lipinski definition) is 0. The standard InChI is InChI=1S/C18H27N3O2/c1-4-23-17-16(8-7-13(2)19-17)18(22)21-12-15(11-14(21)3)20-9-5-6-10-20/h7-8,14-15H,4-6,9-12H2,1-3H3/t14-,15-/m1/s1. The van der Waals surface area contributed by atoms with Gasteiger partial charge in [-0.25, -0.2) is 4.98 Å². The van der Waals surface area contributed by atoms with Crippen molar-refractivity contribution in [3.63, 3.8) is 0 Å². The third-order valence-corrected chi connectivity index (χ3v) is 4.98. The molecular weight excluding hydrogens is 290 g/mol. The van der Waals surface area contributed by atoms with Crippen molar-refractivity contribution in [3.05, 3.63) is 23.4 Å². The Labute approximate surface area is 138 Å². The molecule has 0 spiro atoms. The van der Waals surface area contributed by atoms with Crippen molar-refractivity contribution in [1.29, 1.82) is 0 Å². The molecule has 2 aliphatic heterocycles. The van der Waals surface area contributed by atoms with E-state index in [2.05, 4.69) is 16.8 Å². The molecule has 0 unspecified atom stereocenters. The molecule has 0 N–H and O–H groups in total. The van der Waals surface area contributed by atoms with Gasteiger partial charge in [0.1, 0.15) is 5.56 Å². The van der Waals surface area contributed by atoms with E-state index >= 15 is 0 Å². The lowest BCUT2D eigenvalue weighted by molar-refractivity contribution is 0.0732. The maximum absolute atomic E-state index is 13.0. The number of aromatic nitrogens is 1. The maximum Gasteiger partial charge on any atom is 0.259 e. The van der Waals surface area contributed by atoms with Crippen LogP contribution in [0.25, 0.3) is 0 Å². The molecule has 23 heavy (non-hydrogen) atoms. The highest BCUT2D eigenvalue weighted by atomic mass is 16.5. The molecule has 0 radical (unpaired) electrons. The minimum absolute atomic E-state index is 0.0511. The summed E-state index contributed by atoms with van der Waals surface area (Å²) in [7, 11) is 0. The van der Waals surface area contributed by atoms with E-state index in [-0.39, 0.29) is 11.9 Å². The van der Waals surface area contributed by atoms with E-state index in [4.69, 9.17) is 4.74 Å². The van der Waals surface area contributed by atoms with Crippen LogP contribution in [-0.2, 0) is 0 Å². The number of hydrogen-bond acceptors (Lipinski definition) is 4. The number of pyridine rings is 1. The van der Waals surface area contributed by atoms with E-state index < -0.39 is 0 Å². The highest BCUT2D eigenvalue weighted by molar-refractivity contribution is 5.96. The van der Waals surface area contributed by atoms with Gasteiger partial charge in [-0.15, -0.1) is 0 Å². The molecule has 0 saturated carbocycles. The minimum Gasteiger partial charge on any atom is -0.477 e. The Kier molecular flexibility index (Phi) is 4.85. The van der Waals surface area contributed by atoms with Crippen LogP contribution in [0.5, 0.6) is 5.88 Å². The van der Waals surface area contributed by atoms with E-state index in [1.807, 2.05) is 30.9 Å². The van der Waals surface area contributed by atoms with Crippen LogP contribution < -0.4 is 4.74 Å². The molecule has 2 atom stereocenters. The summed E-state index contributed by atoms with van der Waals surface area (Å²) in [5.41, 5.74) is 1.46. The van der Waals surface area contributed by atoms with Crippen LogP contribution in [-0.4, -0.2) is 59.0 Å². The summed E-state index contributed by atoms with van der Waals surface area (Å²) in [4.78, 5) is 21.9. The van der Waals surface area contributed by atoms with E-state index in [0.29, 0.717) is 24.1 Å². The van der Waals surface area contributed by atoms with Gasteiger partial charge in [0, 0.05) is 24.3 Å². The van der Waals surface area contributed by atoms with Crippen molar-refractivity contribution in [2.75, 3.05) is 26.2 Å². The molecule has 1 aromatic heterocycles. The molecule has 1 aromatic rings. The van der Waals surface area contributed by atoms with E-state index in [1.54, 1.807) is 0 Å². The molecular formula is C18H27N3O2. The van der Waals surface area contributed by atoms with Gasteiger partial charge in [0.05, 0.1) is 6.61 Å². The first kappa shape index (κ1) is 16.2. The van der Waals surface area contributed by atoms with Crippen LogP contribution >= 0.6 is 0 Å². The number of likely N-dealkylation sites (tertiary alicyclic amines) is 2. The summed E-state index contributed by atoms with van der Waals surface area (Å²) in [5, 5.41) is 0. The summed E-state index contributed by atoms with van der Waals surface area (Å²) < 4.78 is 5.59. The van der Waals surface area contributed by atoms with E-state index in [0.717, 1.165) is 18.7 Å². The lowest BCUT2D eigenvalue weighted by Crippen LogP contribution is -2.38. The molecule has 5 heteroatoms. The Hall–Kier alpha value is -1.62. The Balaban J connectivity index is 1.77. The fourth-order valence-electron chi connectivity index (χ4n) is 3.75. The largest absolute Gasteiger partial charge is 0.477 e. The molecule has 0 aromatic carbocycles. The SMILES string of the molecule is CCOc1nc(C)ccc1C(=O)N1C[C@H](N2CCCC2)C[C@H]1C. The molecule has 1 amide bonds. The highest BCUT2D eigenvalue weighted by Crippen LogP contribution is 2.28. The van der Waals surface area contributed by atoms with Gasteiger partial charge >= 0.3 is 0 Å². The van der Waals surface area contributed by atoms with Crippen LogP contribution in [0, 0.1) is 6.92 Å². The van der Waals surface area contributed by atoms with Crippen LogP contribution in [0.2, 0.25) is 0 Å².